The zero-order chi connectivity index (χ0) is 13.3. The molecular formula is C12H17N3O3. The van der Waals surface area contributed by atoms with Gasteiger partial charge in [0.2, 0.25) is 0 Å². The summed E-state index contributed by atoms with van der Waals surface area (Å²) < 4.78 is 4.91. The van der Waals surface area contributed by atoms with E-state index in [1.165, 1.54) is 0 Å². The summed E-state index contributed by atoms with van der Waals surface area (Å²) in [5.41, 5.74) is 8.13. The zero-order valence-corrected chi connectivity index (χ0v) is 10.4. The summed E-state index contributed by atoms with van der Waals surface area (Å²) in [5.74, 6) is -0.501. The highest BCUT2D eigenvalue weighted by Gasteiger charge is 2.10. The van der Waals surface area contributed by atoms with E-state index in [-0.39, 0.29) is 12.1 Å². The summed E-state index contributed by atoms with van der Waals surface area (Å²) in [5, 5.41) is 12.5. The monoisotopic (exact) mass is 251 g/mol. The van der Waals surface area contributed by atoms with Crippen molar-refractivity contribution in [3.05, 3.63) is 22.7 Å². The highest BCUT2D eigenvalue weighted by atomic mass is 16.4. The summed E-state index contributed by atoms with van der Waals surface area (Å²) in [6, 6.07) is 3.40. The van der Waals surface area contributed by atoms with Crippen LogP contribution < -0.4 is 16.8 Å². The lowest BCUT2D eigenvalue weighted by Crippen LogP contribution is -2.21. The number of aromatic nitrogens is 1. The van der Waals surface area contributed by atoms with Gasteiger partial charge in [-0.05, 0) is 26.3 Å². The van der Waals surface area contributed by atoms with Gasteiger partial charge in [0.05, 0.1) is 23.0 Å². The van der Waals surface area contributed by atoms with Crippen LogP contribution in [0.15, 0.2) is 21.3 Å². The highest BCUT2D eigenvalue weighted by molar-refractivity contribution is 5.85. The number of oxazole rings is 1. The van der Waals surface area contributed by atoms with Crippen LogP contribution in [0.25, 0.3) is 11.1 Å². The molecule has 0 aliphatic rings. The zero-order valence-electron chi connectivity index (χ0n) is 10.4. The number of nitrogens with one attached hydrogen (secondary N) is 2. The van der Waals surface area contributed by atoms with Crippen LogP contribution in [-0.4, -0.2) is 22.2 Å². The molecule has 1 aromatic carbocycles. The third-order valence-corrected chi connectivity index (χ3v) is 2.69. The first-order valence-corrected chi connectivity index (χ1v) is 5.82. The summed E-state index contributed by atoms with van der Waals surface area (Å²) in [6.07, 6.45) is 0.227. The topological polar surface area (TPSA) is 104 Å². The van der Waals surface area contributed by atoms with Gasteiger partial charge < -0.3 is 20.6 Å². The lowest BCUT2D eigenvalue weighted by molar-refractivity contribution is 0.179. The third-order valence-electron chi connectivity index (χ3n) is 2.69. The SMILES string of the molecule is CC(O)CC(C)Nc1cc2[nH]c(=O)oc2cc1N. The maximum Gasteiger partial charge on any atom is 0.417 e. The molecule has 0 aliphatic carbocycles. The lowest BCUT2D eigenvalue weighted by atomic mass is 10.1. The van der Waals surface area contributed by atoms with E-state index in [2.05, 4.69) is 10.3 Å². The van der Waals surface area contributed by atoms with Gasteiger partial charge in [0.15, 0.2) is 5.58 Å². The van der Waals surface area contributed by atoms with Crippen LogP contribution in [-0.2, 0) is 0 Å². The van der Waals surface area contributed by atoms with Crippen molar-refractivity contribution in [2.24, 2.45) is 0 Å². The molecule has 0 spiro atoms. The van der Waals surface area contributed by atoms with Gasteiger partial charge in [-0.3, -0.25) is 4.98 Å². The summed E-state index contributed by atoms with van der Waals surface area (Å²) in [4.78, 5) is 13.6. The number of hydrogen-bond donors (Lipinski definition) is 4. The minimum absolute atomic E-state index is 0.0726. The largest absolute Gasteiger partial charge is 0.417 e. The molecule has 1 heterocycles. The molecule has 98 valence electrons. The van der Waals surface area contributed by atoms with Gasteiger partial charge in [-0.25, -0.2) is 4.79 Å². The molecule has 0 fully saturated rings. The Hall–Kier alpha value is -1.95. The van der Waals surface area contributed by atoms with E-state index < -0.39 is 5.76 Å². The Balaban J connectivity index is 2.27. The summed E-state index contributed by atoms with van der Waals surface area (Å²) in [7, 11) is 0. The predicted octanol–water partition coefficient (Wildman–Crippen LogP) is 1.27. The average molecular weight is 251 g/mol. The number of rotatable bonds is 4. The van der Waals surface area contributed by atoms with Crippen molar-refractivity contribution in [3.8, 4) is 0 Å². The van der Waals surface area contributed by atoms with Crippen LogP contribution in [0.1, 0.15) is 20.3 Å². The number of hydrogen-bond acceptors (Lipinski definition) is 5. The van der Waals surface area contributed by atoms with Crippen LogP contribution in [0.5, 0.6) is 0 Å². The second-order valence-electron chi connectivity index (χ2n) is 4.58. The van der Waals surface area contributed by atoms with Crippen molar-refractivity contribution in [1.82, 2.24) is 4.98 Å². The van der Waals surface area contributed by atoms with Crippen molar-refractivity contribution in [2.75, 3.05) is 11.1 Å². The first-order chi connectivity index (χ1) is 8.45. The van der Waals surface area contributed by atoms with Crippen LogP contribution in [0.4, 0.5) is 11.4 Å². The van der Waals surface area contributed by atoms with Gasteiger partial charge in [0.25, 0.3) is 0 Å². The Bertz CT molecular complexity index is 600. The van der Waals surface area contributed by atoms with Crippen molar-refractivity contribution in [3.63, 3.8) is 0 Å². The number of aromatic amines is 1. The van der Waals surface area contributed by atoms with Crippen molar-refractivity contribution < 1.29 is 9.52 Å². The van der Waals surface area contributed by atoms with Crippen LogP contribution in [0.3, 0.4) is 0 Å². The van der Waals surface area contributed by atoms with Crippen LogP contribution in [0, 0.1) is 0 Å². The first kappa shape index (κ1) is 12.5. The molecule has 0 saturated heterocycles. The molecule has 18 heavy (non-hydrogen) atoms. The fraction of sp³-hybridized carbons (Fsp3) is 0.417. The quantitative estimate of drug-likeness (QED) is 0.613. The molecule has 1 aromatic heterocycles. The molecule has 6 heteroatoms. The van der Waals surface area contributed by atoms with Crippen molar-refractivity contribution in [1.29, 1.82) is 0 Å². The van der Waals surface area contributed by atoms with E-state index in [9.17, 15) is 9.90 Å². The minimum atomic E-state index is -0.501. The smallest absolute Gasteiger partial charge is 0.408 e. The molecule has 6 nitrogen and oxygen atoms in total. The van der Waals surface area contributed by atoms with Gasteiger partial charge in [0.1, 0.15) is 0 Å². The van der Waals surface area contributed by atoms with Gasteiger partial charge >= 0.3 is 5.76 Å². The molecule has 2 atom stereocenters. The summed E-state index contributed by atoms with van der Waals surface area (Å²) in [6.45, 7) is 3.69. The molecule has 0 radical (unpaired) electrons. The fourth-order valence-electron chi connectivity index (χ4n) is 1.97. The molecule has 2 aromatic rings. The third kappa shape index (κ3) is 2.65. The number of anilines is 2. The lowest BCUT2D eigenvalue weighted by Gasteiger charge is -2.17. The molecule has 0 bridgehead atoms. The molecule has 5 N–H and O–H groups in total. The molecule has 0 saturated carbocycles. The van der Waals surface area contributed by atoms with E-state index in [1.807, 2.05) is 6.92 Å². The fourth-order valence-corrected chi connectivity index (χ4v) is 1.97. The Morgan fingerprint density at radius 2 is 2.22 bits per heavy atom. The van der Waals surface area contributed by atoms with E-state index in [0.29, 0.717) is 28.9 Å². The number of aliphatic hydroxyl groups is 1. The predicted molar refractivity (Wildman–Crippen MR) is 70.6 cm³/mol. The van der Waals surface area contributed by atoms with Gasteiger partial charge in [-0.2, -0.15) is 0 Å². The molecular weight excluding hydrogens is 234 g/mol. The maximum atomic E-state index is 11.1. The van der Waals surface area contributed by atoms with Crippen molar-refractivity contribution >= 4 is 22.5 Å². The first-order valence-electron chi connectivity index (χ1n) is 5.82. The van der Waals surface area contributed by atoms with E-state index in [4.69, 9.17) is 10.2 Å². The van der Waals surface area contributed by atoms with E-state index in [0.717, 1.165) is 0 Å². The molecule has 2 rings (SSSR count). The standard InChI is InChI=1S/C12H17N3O3/c1-6(3-7(2)16)14-9-5-10-11(4-8(9)13)18-12(17)15-10/h4-7,14,16H,3,13H2,1-2H3,(H,15,17). The number of benzene rings is 1. The Kier molecular flexibility index (Phi) is 3.29. The Morgan fingerprint density at radius 1 is 1.50 bits per heavy atom. The van der Waals surface area contributed by atoms with E-state index >= 15 is 0 Å². The van der Waals surface area contributed by atoms with Gasteiger partial charge in [-0.1, -0.05) is 0 Å². The van der Waals surface area contributed by atoms with Crippen LogP contribution >= 0.6 is 0 Å². The molecule has 0 aliphatic heterocycles. The van der Waals surface area contributed by atoms with Gasteiger partial charge in [0, 0.05) is 12.1 Å². The van der Waals surface area contributed by atoms with Crippen molar-refractivity contribution in [2.45, 2.75) is 32.4 Å². The minimum Gasteiger partial charge on any atom is -0.408 e. The second kappa shape index (κ2) is 4.73. The Labute approximate surface area is 104 Å². The normalized spacial score (nSPS) is 14.6. The number of nitrogens with two attached hydrogens (primary N) is 1. The van der Waals surface area contributed by atoms with E-state index in [1.54, 1.807) is 19.1 Å². The maximum absolute atomic E-state index is 11.1. The second-order valence-corrected chi connectivity index (χ2v) is 4.58. The average Bonchev–Trinajstić information content (AvgIpc) is 2.56. The summed E-state index contributed by atoms with van der Waals surface area (Å²) >= 11 is 0. The number of H-pyrrole nitrogens is 1. The van der Waals surface area contributed by atoms with Crippen LogP contribution in [0.2, 0.25) is 0 Å². The Morgan fingerprint density at radius 3 is 2.89 bits per heavy atom. The number of nitrogen functional groups attached to an aromatic ring is 1. The van der Waals surface area contributed by atoms with Gasteiger partial charge in [-0.15, -0.1) is 0 Å². The number of fused-ring (bicyclic) bond motifs is 1. The molecule has 2 unspecified atom stereocenters. The highest BCUT2D eigenvalue weighted by Crippen LogP contribution is 2.25. The number of aliphatic hydroxyl groups excluding tert-OH is 1. The molecule has 0 amide bonds.